The van der Waals surface area contributed by atoms with Gasteiger partial charge < -0.3 is 19.2 Å². The minimum absolute atomic E-state index is 0.0716. The molecule has 0 radical (unpaired) electrons. The molecule has 1 N–H and O–H groups in total. The minimum atomic E-state index is -0.0716. The van der Waals surface area contributed by atoms with E-state index in [0.29, 0.717) is 23.8 Å². The Labute approximate surface area is 157 Å². The molecule has 6 heteroatoms. The lowest BCUT2D eigenvalue weighted by Gasteiger charge is -2.15. The molecular formula is C20H22ClN3O2. The molecule has 3 aromatic rings. The molecule has 0 spiro atoms. The smallest absolute Gasteiger partial charge is 0.268 e. The maximum absolute atomic E-state index is 12.7. The molecule has 1 aromatic carbocycles. The molecule has 0 saturated carbocycles. The summed E-state index contributed by atoms with van der Waals surface area (Å²) in [6.07, 6.45) is 4.16. The molecule has 26 heavy (non-hydrogen) atoms. The molecule has 1 aliphatic heterocycles. The van der Waals surface area contributed by atoms with Crippen LogP contribution in [0.3, 0.4) is 0 Å². The van der Waals surface area contributed by atoms with E-state index < -0.39 is 0 Å². The summed E-state index contributed by atoms with van der Waals surface area (Å²) in [6, 6.07) is 11.4. The van der Waals surface area contributed by atoms with Crippen molar-refractivity contribution in [1.29, 1.82) is 0 Å². The molecule has 2 aromatic heterocycles. The van der Waals surface area contributed by atoms with E-state index in [2.05, 4.69) is 10.2 Å². The van der Waals surface area contributed by atoms with Crippen molar-refractivity contribution in [3.05, 3.63) is 58.9 Å². The fourth-order valence-corrected chi connectivity index (χ4v) is 3.79. The molecule has 4 rings (SSSR count). The highest BCUT2D eigenvalue weighted by molar-refractivity contribution is 6.30. The third-order valence-electron chi connectivity index (χ3n) is 4.90. The quantitative estimate of drug-likeness (QED) is 0.717. The van der Waals surface area contributed by atoms with Gasteiger partial charge in [-0.3, -0.25) is 4.79 Å². The van der Waals surface area contributed by atoms with Crippen molar-refractivity contribution in [2.24, 2.45) is 0 Å². The Balaban J connectivity index is 1.52. The van der Waals surface area contributed by atoms with E-state index in [-0.39, 0.29) is 5.91 Å². The van der Waals surface area contributed by atoms with E-state index in [1.807, 2.05) is 41.0 Å². The molecule has 136 valence electrons. The number of hydrogen-bond acceptors (Lipinski definition) is 3. The van der Waals surface area contributed by atoms with Crippen molar-refractivity contribution in [2.45, 2.75) is 19.4 Å². The molecule has 1 saturated heterocycles. The van der Waals surface area contributed by atoms with Crippen LogP contribution < -0.4 is 5.32 Å². The Morgan fingerprint density at radius 3 is 2.85 bits per heavy atom. The Kier molecular flexibility index (Phi) is 5.00. The zero-order valence-electron chi connectivity index (χ0n) is 14.6. The molecular weight excluding hydrogens is 350 g/mol. The molecule has 3 heterocycles. The van der Waals surface area contributed by atoms with Crippen LogP contribution in [0.25, 0.3) is 11.1 Å². The highest BCUT2D eigenvalue weighted by Crippen LogP contribution is 2.23. The summed E-state index contributed by atoms with van der Waals surface area (Å²) >= 11 is 6.10. The van der Waals surface area contributed by atoms with Crippen LogP contribution in [0.4, 0.5) is 0 Å². The maximum Gasteiger partial charge on any atom is 0.268 e. The van der Waals surface area contributed by atoms with Crippen molar-refractivity contribution in [1.82, 2.24) is 14.8 Å². The monoisotopic (exact) mass is 371 g/mol. The van der Waals surface area contributed by atoms with Gasteiger partial charge in [0.2, 0.25) is 0 Å². The topological polar surface area (TPSA) is 50.4 Å². The van der Waals surface area contributed by atoms with Gasteiger partial charge in [0.1, 0.15) is 5.69 Å². The fraction of sp³-hybridized carbons (Fsp3) is 0.350. The maximum atomic E-state index is 12.7. The number of fused-ring (bicyclic) bond motifs is 1. The largest absolute Gasteiger partial charge is 0.463 e. The molecule has 5 nitrogen and oxygen atoms in total. The molecule has 0 aliphatic carbocycles. The molecule has 0 unspecified atom stereocenters. The van der Waals surface area contributed by atoms with Gasteiger partial charge in [-0.25, -0.2) is 0 Å². The molecule has 1 fully saturated rings. The lowest BCUT2D eigenvalue weighted by molar-refractivity contribution is 0.0941. The second-order valence-corrected chi connectivity index (χ2v) is 7.16. The standard InChI is InChI=1S/C20H22ClN3O2/c21-16-5-3-4-15(12-16)14-24-17-6-11-26-19(17)13-18(24)20(25)22-7-10-23-8-1-2-9-23/h3-6,11-13H,1-2,7-10,14H2,(H,22,25). The van der Waals surface area contributed by atoms with Gasteiger partial charge in [-0.15, -0.1) is 0 Å². The number of nitrogens with zero attached hydrogens (tertiary/aromatic N) is 2. The van der Waals surface area contributed by atoms with Gasteiger partial charge in [0.25, 0.3) is 5.91 Å². The number of carbonyl (C=O) groups is 1. The lowest BCUT2D eigenvalue weighted by atomic mass is 10.2. The highest BCUT2D eigenvalue weighted by atomic mass is 35.5. The molecule has 0 bridgehead atoms. The number of likely N-dealkylation sites (tertiary alicyclic amines) is 1. The lowest BCUT2D eigenvalue weighted by Crippen LogP contribution is -2.34. The van der Waals surface area contributed by atoms with Crippen LogP contribution in [0.5, 0.6) is 0 Å². The van der Waals surface area contributed by atoms with Crippen LogP contribution in [0.2, 0.25) is 5.02 Å². The van der Waals surface area contributed by atoms with E-state index in [1.165, 1.54) is 12.8 Å². The summed E-state index contributed by atoms with van der Waals surface area (Å²) < 4.78 is 7.48. The van der Waals surface area contributed by atoms with Crippen molar-refractivity contribution >= 4 is 28.6 Å². The summed E-state index contributed by atoms with van der Waals surface area (Å²) in [4.78, 5) is 15.1. The van der Waals surface area contributed by atoms with E-state index in [9.17, 15) is 4.79 Å². The van der Waals surface area contributed by atoms with E-state index in [1.54, 1.807) is 6.26 Å². The SMILES string of the molecule is O=C(NCCN1CCCC1)c1cc2occc2n1Cc1cccc(Cl)c1. The predicted octanol–water partition coefficient (Wildman–Crippen LogP) is 3.76. The Bertz CT molecular complexity index is 909. The van der Waals surface area contributed by atoms with Gasteiger partial charge in [0, 0.05) is 36.8 Å². The second kappa shape index (κ2) is 7.56. The summed E-state index contributed by atoms with van der Waals surface area (Å²) in [5.74, 6) is -0.0716. The van der Waals surface area contributed by atoms with Crippen molar-refractivity contribution < 1.29 is 9.21 Å². The van der Waals surface area contributed by atoms with E-state index >= 15 is 0 Å². The first kappa shape index (κ1) is 17.2. The first-order valence-electron chi connectivity index (χ1n) is 9.02. The Morgan fingerprint density at radius 2 is 2.04 bits per heavy atom. The molecule has 1 amide bonds. The predicted molar refractivity (Wildman–Crippen MR) is 103 cm³/mol. The number of halogens is 1. The molecule has 1 aliphatic rings. The van der Waals surface area contributed by atoms with Gasteiger partial charge in [0.15, 0.2) is 5.58 Å². The van der Waals surface area contributed by atoms with E-state index in [4.69, 9.17) is 16.0 Å². The Morgan fingerprint density at radius 1 is 1.19 bits per heavy atom. The first-order valence-corrected chi connectivity index (χ1v) is 9.40. The van der Waals surface area contributed by atoms with Crippen LogP contribution >= 0.6 is 11.6 Å². The van der Waals surface area contributed by atoms with E-state index in [0.717, 1.165) is 36.3 Å². The van der Waals surface area contributed by atoms with Crippen LogP contribution in [-0.2, 0) is 6.54 Å². The number of benzene rings is 1. The first-order chi connectivity index (χ1) is 12.7. The number of carbonyl (C=O) groups excluding carboxylic acids is 1. The van der Waals surface area contributed by atoms with Gasteiger partial charge in [-0.05, 0) is 43.6 Å². The van der Waals surface area contributed by atoms with Crippen LogP contribution in [0.1, 0.15) is 28.9 Å². The zero-order chi connectivity index (χ0) is 17.9. The third kappa shape index (κ3) is 3.64. The summed E-state index contributed by atoms with van der Waals surface area (Å²) in [6.45, 7) is 4.39. The van der Waals surface area contributed by atoms with Gasteiger partial charge >= 0.3 is 0 Å². The molecule has 0 atom stereocenters. The van der Waals surface area contributed by atoms with Gasteiger partial charge in [-0.2, -0.15) is 0 Å². The summed E-state index contributed by atoms with van der Waals surface area (Å²) in [7, 11) is 0. The number of amides is 1. The fourth-order valence-electron chi connectivity index (χ4n) is 3.58. The van der Waals surface area contributed by atoms with Crippen LogP contribution in [0.15, 0.2) is 47.1 Å². The summed E-state index contributed by atoms with van der Waals surface area (Å²) in [5, 5.41) is 3.73. The average Bonchev–Trinajstić information content (AvgIpc) is 3.34. The number of hydrogen-bond donors (Lipinski definition) is 1. The number of nitrogens with one attached hydrogen (secondary N) is 1. The van der Waals surface area contributed by atoms with Crippen molar-refractivity contribution in [3.8, 4) is 0 Å². The second-order valence-electron chi connectivity index (χ2n) is 6.72. The highest BCUT2D eigenvalue weighted by Gasteiger charge is 2.18. The number of rotatable bonds is 6. The van der Waals surface area contributed by atoms with Gasteiger partial charge in [0.05, 0.1) is 11.8 Å². The van der Waals surface area contributed by atoms with Crippen molar-refractivity contribution in [2.75, 3.05) is 26.2 Å². The third-order valence-corrected chi connectivity index (χ3v) is 5.13. The normalized spacial score (nSPS) is 15.0. The average molecular weight is 372 g/mol. The minimum Gasteiger partial charge on any atom is -0.463 e. The van der Waals surface area contributed by atoms with Crippen molar-refractivity contribution in [3.63, 3.8) is 0 Å². The zero-order valence-corrected chi connectivity index (χ0v) is 15.3. The van der Waals surface area contributed by atoms with Crippen LogP contribution in [0, 0.1) is 0 Å². The Hall–Kier alpha value is -2.24. The number of furan rings is 1. The van der Waals surface area contributed by atoms with Gasteiger partial charge in [-0.1, -0.05) is 23.7 Å². The summed E-state index contributed by atoms with van der Waals surface area (Å²) in [5.41, 5.74) is 3.29. The number of aromatic nitrogens is 1. The van der Waals surface area contributed by atoms with Crippen LogP contribution in [-0.4, -0.2) is 41.6 Å².